The van der Waals surface area contributed by atoms with Crippen LogP contribution in [0, 0.1) is 6.92 Å². The van der Waals surface area contributed by atoms with Crippen molar-refractivity contribution in [1.29, 1.82) is 0 Å². The first kappa shape index (κ1) is 47.7. The molecule has 0 aliphatic heterocycles. The number of benzene rings is 2. The second-order valence-corrected chi connectivity index (χ2v) is 18.7. The van der Waals surface area contributed by atoms with Gasteiger partial charge in [0.2, 0.25) is 14.6 Å². The first-order valence-corrected chi connectivity index (χ1v) is 22.6. The zero-order valence-electron chi connectivity index (χ0n) is 31.5. The van der Waals surface area contributed by atoms with Crippen molar-refractivity contribution in [2.75, 3.05) is 45.9 Å². The largest absolute Gasteiger partial charge is 0.480 e. The molecule has 5 rings (SSSR count). The number of H-pyrrole nitrogens is 1. The zero-order valence-corrected chi connectivity index (χ0v) is 36.2. The van der Waals surface area contributed by atoms with Crippen molar-refractivity contribution in [3.8, 4) is 21.1 Å². The highest BCUT2D eigenvalue weighted by atomic mass is 35.5. The highest BCUT2D eigenvalue weighted by molar-refractivity contribution is 7.91. The van der Waals surface area contributed by atoms with Crippen LogP contribution in [0.15, 0.2) is 73.0 Å². The summed E-state index contributed by atoms with van der Waals surface area (Å²) in [6.07, 6.45) is 1.18. The van der Waals surface area contributed by atoms with Gasteiger partial charge in [0.15, 0.2) is 0 Å². The molecule has 3 aromatic heterocycles. The average Bonchev–Trinajstić information content (AvgIpc) is 3.90. The van der Waals surface area contributed by atoms with Gasteiger partial charge in [-0.3, -0.25) is 28.7 Å². The van der Waals surface area contributed by atoms with E-state index in [1.807, 2.05) is 4.98 Å². The van der Waals surface area contributed by atoms with Crippen LogP contribution in [-0.2, 0) is 45.7 Å². The number of halogens is 2. The minimum Gasteiger partial charge on any atom is -0.480 e. The maximum Gasteiger partial charge on any atom is 0.328 e. The number of rotatable bonds is 19. The summed E-state index contributed by atoms with van der Waals surface area (Å²) in [5.41, 5.74) is 0.104. The van der Waals surface area contributed by atoms with Gasteiger partial charge < -0.3 is 20.1 Å². The number of aromatic nitrogens is 6. The van der Waals surface area contributed by atoms with Gasteiger partial charge in [-0.15, -0.1) is 20.4 Å². The van der Waals surface area contributed by atoms with E-state index in [1.165, 1.54) is 13.1 Å². The van der Waals surface area contributed by atoms with Crippen LogP contribution in [0.4, 0.5) is 0 Å². The first-order valence-electron chi connectivity index (χ1n) is 17.2. The number of carbonyl (C=O) groups is 3. The van der Waals surface area contributed by atoms with Crippen molar-refractivity contribution in [3.05, 3.63) is 91.2 Å². The van der Waals surface area contributed by atoms with Gasteiger partial charge in [0.1, 0.15) is 23.1 Å². The number of carboxylic acid groups (broad SMARTS) is 1. The molecule has 0 aliphatic rings. The second-order valence-electron chi connectivity index (χ2n) is 11.9. The van der Waals surface area contributed by atoms with E-state index in [-0.39, 0.29) is 52.9 Å². The Kier molecular flexibility index (Phi) is 17.5. The van der Waals surface area contributed by atoms with E-state index in [9.17, 15) is 40.8 Å². The number of nitrogens with one attached hydrogen (secondary N) is 4. The third-order valence-electron chi connectivity index (χ3n) is 7.47. The molecule has 3 heterocycles. The molecule has 60 heavy (non-hydrogen) atoms. The van der Waals surface area contributed by atoms with Crippen LogP contribution >= 0.6 is 45.9 Å². The van der Waals surface area contributed by atoms with Gasteiger partial charge in [-0.05, 0) is 38.1 Å². The Morgan fingerprint density at radius 2 is 1.35 bits per heavy atom. The normalized spacial score (nSPS) is 11.4. The number of hydrogen-bond acceptors (Lipinski definition) is 17. The Bertz CT molecular complexity index is 2620. The highest BCUT2D eigenvalue weighted by Gasteiger charge is 2.24. The van der Waals surface area contributed by atoms with Crippen LogP contribution in [0.5, 0.6) is 0 Å². The summed E-state index contributed by atoms with van der Waals surface area (Å²) < 4.78 is 59.4. The summed E-state index contributed by atoms with van der Waals surface area (Å²) in [7, 11) is -7.85. The minimum absolute atomic E-state index is 0.0229. The summed E-state index contributed by atoms with van der Waals surface area (Å²) >= 11 is 13.5. The predicted molar refractivity (Wildman–Crippen MR) is 221 cm³/mol. The zero-order chi connectivity index (χ0) is 44.0. The van der Waals surface area contributed by atoms with Crippen molar-refractivity contribution in [3.63, 3.8) is 0 Å². The van der Waals surface area contributed by atoms with Crippen LogP contribution < -0.4 is 26.0 Å². The standard InChI is InChI=1S/C19H19ClN6O7S2.C14H17ClN4O4S2/c1-11-8-26(18(31)22-16(11)30)9-14(27)25(10-15(28)29)7-6-21-35(32,33)19-24-23-17(34-19)12-2-4-13(20)5-3-12;1-2-23-12(20)9-16-7-8-17-25(21,22)14-19-18-13(24-14)10-3-5-11(15)6-4-10/h2-5,8,21H,6-7,9-10H2,1H3,(H,28,29)(H,22,30,31);3-6,16-17H,2,7-9H2,1H3. The smallest absolute Gasteiger partial charge is 0.328 e. The van der Waals surface area contributed by atoms with Crippen LogP contribution in [0.3, 0.4) is 0 Å². The average molecular weight is 948 g/mol. The summed E-state index contributed by atoms with van der Waals surface area (Å²) in [5.74, 6) is -2.48. The SMILES string of the molecule is CCOC(=O)CNCCNS(=O)(=O)c1nnc(-c2ccc(Cl)cc2)s1.Cc1cn(CC(=O)N(CCNS(=O)(=O)c2nnc(-c3ccc(Cl)cc3)s2)CC(=O)O)c(=O)[nH]c1=O. The van der Waals surface area contributed by atoms with E-state index >= 15 is 0 Å². The summed E-state index contributed by atoms with van der Waals surface area (Å²) in [6.45, 7) is 1.98. The quantitative estimate of drug-likeness (QED) is 0.0574. The second kappa shape index (κ2) is 22.0. The van der Waals surface area contributed by atoms with Crippen LogP contribution in [0.2, 0.25) is 10.0 Å². The first-order chi connectivity index (χ1) is 28.4. The predicted octanol–water partition coefficient (Wildman–Crippen LogP) is 1.20. The maximum atomic E-state index is 12.6. The molecule has 0 spiro atoms. The molecule has 5 aromatic rings. The third kappa shape index (κ3) is 14.3. The molecule has 0 unspecified atom stereocenters. The molecule has 0 saturated carbocycles. The number of nitrogens with zero attached hydrogens (tertiary/aromatic N) is 6. The molecule has 322 valence electrons. The van der Waals surface area contributed by atoms with E-state index in [0.29, 0.717) is 32.2 Å². The van der Waals surface area contributed by atoms with Gasteiger partial charge in [-0.25, -0.2) is 31.1 Å². The van der Waals surface area contributed by atoms with Crippen LogP contribution in [0.1, 0.15) is 12.5 Å². The molecule has 0 atom stereocenters. The van der Waals surface area contributed by atoms with Gasteiger partial charge in [-0.2, -0.15) is 0 Å². The molecule has 1 amide bonds. The highest BCUT2D eigenvalue weighted by Crippen LogP contribution is 2.28. The number of carbonyl (C=O) groups excluding carboxylic acids is 2. The monoisotopic (exact) mass is 946 g/mol. The molecular weight excluding hydrogens is 912 g/mol. The Labute approximate surface area is 359 Å². The molecule has 21 nitrogen and oxygen atoms in total. The molecule has 0 bridgehead atoms. The molecule has 0 radical (unpaired) electrons. The molecule has 27 heteroatoms. The molecular formula is C33H36Cl2N10O11S4. The molecule has 0 aliphatic carbocycles. The van der Waals surface area contributed by atoms with Crippen molar-refractivity contribution >= 4 is 83.8 Å². The minimum atomic E-state index is -4.09. The van der Waals surface area contributed by atoms with E-state index < -0.39 is 56.3 Å². The van der Waals surface area contributed by atoms with Gasteiger partial charge in [0, 0.05) is 59.1 Å². The summed E-state index contributed by atoms with van der Waals surface area (Å²) in [6, 6.07) is 13.5. The number of hydrogen-bond donors (Lipinski definition) is 5. The lowest BCUT2D eigenvalue weighted by molar-refractivity contribution is -0.144. The van der Waals surface area contributed by atoms with Gasteiger partial charge >= 0.3 is 17.6 Å². The molecule has 0 saturated heterocycles. The van der Waals surface area contributed by atoms with Gasteiger partial charge in [0.05, 0.1) is 13.2 Å². The van der Waals surface area contributed by atoms with E-state index in [4.69, 9.17) is 33.0 Å². The number of amides is 1. The number of aromatic amines is 1. The van der Waals surface area contributed by atoms with E-state index in [0.717, 1.165) is 37.7 Å². The van der Waals surface area contributed by atoms with E-state index in [1.54, 1.807) is 55.5 Å². The van der Waals surface area contributed by atoms with Crippen molar-refractivity contribution in [2.24, 2.45) is 0 Å². The number of carboxylic acids is 1. The molecule has 2 aromatic carbocycles. The third-order valence-corrected chi connectivity index (χ3v) is 13.6. The van der Waals surface area contributed by atoms with Gasteiger partial charge in [0.25, 0.3) is 25.6 Å². The van der Waals surface area contributed by atoms with Crippen LogP contribution in [-0.4, -0.2) is 121 Å². The fourth-order valence-electron chi connectivity index (χ4n) is 4.61. The van der Waals surface area contributed by atoms with E-state index in [2.05, 4.69) is 35.2 Å². The van der Waals surface area contributed by atoms with Crippen LogP contribution in [0.25, 0.3) is 21.1 Å². The Balaban J connectivity index is 0.000000280. The van der Waals surface area contributed by atoms with Crippen molar-refractivity contribution in [1.82, 2.24) is 49.6 Å². The lowest BCUT2D eigenvalue weighted by atomic mass is 10.2. The van der Waals surface area contributed by atoms with Gasteiger partial charge in [-0.1, -0.05) is 70.1 Å². The number of sulfonamides is 2. The fraction of sp³-hybridized carbons (Fsp3) is 0.303. The molecule has 5 N–H and O–H groups in total. The Hall–Kier alpha value is -4.99. The van der Waals surface area contributed by atoms with Crippen molar-refractivity contribution < 1.29 is 41.1 Å². The lowest BCUT2D eigenvalue weighted by Gasteiger charge is -2.21. The Morgan fingerprint density at radius 3 is 1.85 bits per heavy atom. The van der Waals surface area contributed by atoms with Crippen molar-refractivity contribution in [2.45, 2.75) is 29.1 Å². The fourth-order valence-corrected chi connectivity index (χ4v) is 9.00. The summed E-state index contributed by atoms with van der Waals surface area (Å²) in [4.78, 5) is 61.3. The summed E-state index contributed by atoms with van der Waals surface area (Å²) in [5, 5.41) is 29.0. The number of aryl methyl sites for hydroxylation is 1. The topological polar surface area (TPSA) is 295 Å². The Morgan fingerprint density at radius 1 is 0.833 bits per heavy atom. The lowest BCUT2D eigenvalue weighted by Crippen LogP contribution is -2.44. The number of esters is 1. The number of ether oxygens (including phenoxy) is 1. The number of aliphatic carboxylic acids is 1. The maximum absolute atomic E-state index is 12.6. The molecule has 0 fully saturated rings.